The summed E-state index contributed by atoms with van der Waals surface area (Å²) >= 11 is 6.02. The molecule has 0 aliphatic heterocycles. The van der Waals surface area contributed by atoms with Crippen molar-refractivity contribution in [1.29, 1.82) is 0 Å². The Balaban J connectivity index is 2.55. The fourth-order valence-electron chi connectivity index (χ4n) is 2.19. The summed E-state index contributed by atoms with van der Waals surface area (Å²) in [5.41, 5.74) is 1.03. The van der Waals surface area contributed by atoms with Crippen LogP contribution < -0.4 is 4.31 Å². The standard InChI is InChI=1S/C17H18ClNO4S/c1-3-23-17(20)12-19(16-11-14(18)10-9-13(16)2)24(21,22)15-7-5-4-6-8-15/h4-11H,3,12H2,1-2H3. The summed E-state index contributed by atoms with van der Waals surface area (Å²) in [5.74, 6) is -0.628. The van der Waals surface area contributed by atoms with Gasteiger partial charge in [0.15, 0.2) is 0 Å². The number of anilines is 1. The third kappa shape index (κ3) is 4.07. The molecule has 2 aromatic carbocycles. The average Bonchev–Trinajstić information content (AvgIpc) is 2.56. The molecule has 0 unspecified atom stereocenters. The van der Waals surface area contributed by atoms with Crippen LogP contribution >= 0.6 is 11.6 Å². The Bertz CT molecular complexity index is 822. The zero-order valence-electron chi connectivity index (χ0n) is 13.4. The minimum Gasteiger partial charge on any atom is -0.465 e. The number of carbonyl (C=O) groups excluding carboxylic acids is 1. The van der Waals surface area contributed by atoms with Crippen molar-refractivity contribution in [3.05, 3.63) is 59.1 Å². The van der Waals surface area contributed by atoms with Crippen molar-refractivity contribution in [1.82, 2.24) is 0 Å². The number of esters is 1. The highest BCUT2D eigenvalue weighted by Crippen LogP contribution is 2.29. The van der Waals surface area contributed by atoms with Gasteiger partial charge in [-0.25, -0.2) is 8.42 Å². The lowest BCUT2D eigenvalue weighted by atomic mass is 10.2. The van der Waals surface area contributed by atoms with Gasteiger partial charge in [0.1, 0.15) is 6.54 Å². The largest absolute Gasteiger partial charge is 0.465 e. The number of rotatable bonds is 6. The normalized spacial score (nSPS) is 11.1. The highest BCUT2D eigenvalue weighted by molar-refractivity contribution is 7.92. The first-order valence-electron chi connectivity index (χ1n) is 7.36. The Labute approximate surface area is 146 Å². The second-order valence-electron chi connectivity index (χ2n) is 5.06. The van der Waals surface area contributed by atoms with Crippen molar-refractivity contribution in [2.45, 2.75) is 18.7 Å². The van der Waals surface area contributed by atoms with Gasteiger partial charge in [-0.2, -0.15) is 0 Å². The molecule has 0 saturated carbocycles. The Morgan fingerprint density at radius 1 is 1.17 bits per heavy atom. The van der Waals surface area contributed by atoms with Crippen LogP contribution in [-0.2, 0) is 19.6 Å². The van der Waals surface area contributed by atoms with Crippen LogP contribution in [0.2, 0.25) is 5.02 Å². The first kappa shape index (κ1) is 18.3. The highest BCUT2D eigenvalue weighted by Gasteiger charge is 2.28. The zero-order chi connectivity index (χ0) is 17.7. The molecule has 0 amide bonds. The van der Waals surface area contributed by atoms with E-state index >= 15 is 0 Å². The number of hydrogen-bond acceptors (Lipinski definition) is 4. The van der Waals surface area contributed by atoms with Crippen molar-refractivity contribution >= 4 is 33.3 Å². The van der Waals surface area contributed by atoms with Gasteiger partial charge >= 0.3 is 5.97 Å². The lowest BCUT2D eigenvalue weighted by Gasteiger charge is -2.25. The molecule has 2 aromatic rings. The van der Waals surface area contributed by atoms with Gasteiger partial charge in [-0.15, -0.1) is 0 Å². The average molecular weight is 368 g/mol. The van der Waals surface area contributed by atoms with Crippen molar-refractivity contribution in [3.8, 4) is 0 Å². The fourth-order valence-corrected chi connectivity index (χ4v) is 3.85. The van der Waals surface area contributed by atoms with Crippen LogP contribution in [0.5, 0.6) is 0 Å². The molecule has 2 rings (SSSR count). The Kier molecular flexibility index (Phi) is 5.85. The zero-order valence-corrected chi connectivity index (χ0v) is 15.0. The third-order valence-electron chi connectivity index (χ3n) is 3.35. The van der Waals surface area contributed by atoms with E-state index in [0.29, 0.717) is 16.3 Å². The van der Waals surface area contributed by atoms with Gasteiger partial charge in [-0.1, -0.05) is 35.9 Å². The maximum atomic E-state index is 13.0. The quantitative estimate of drug-likeness (QED) is 0.734. The van der Waals surface area contributed by atoms with Gasteiger partial charge in [0.25, 0.3) is 10.0 Å². The molecule has 0 radical (unpaired) electrons. The van der Waals surface area contributed by atoms with E-state index in [1.54, 1.807) is 44.2 Å². The fraction of sp³-hybridized carbons (Fsp3) is 0.235. The van der Waals surface area contributed by atoms with Crippen LogP contribution in [0.3, 0.4) is 0 Å². The number of sulfonamides is 1. The number of benzene rings is 2. The van der Waals surface area contributed by atoms with Crippen LogP contribution in [0.25, 0.3) is 0 Å². The van der Waals surface area contributed by atoms with Gasteiger partial charge in [0, 0.05) is 5.02 Å². The maximum absolute atomic E-state index is 13.0. The maximum Gasteiger partial charge on any atom is 0.326 e. The topological polar surface area (TPSA) is 63.7 Å². The summed E-state index contributed by atoms with van der Waals surface area (Å²) in [6.07, 6.45) is 0. The molecule has 0 N–H and O–H groups in total. The van der Waals surface area contributed by atoms with Gasteiger partial charge in [-0.3, -0.25) is 9.10 Å². The minimum atomic E-state index is -3.93. The summed E-state index contributed by atoms with van der Waals surface area (Å²) in [6, 6.07) is 12.8. The van der Waals surface area contributed by atoms with Gasteiger partial charge in [-0.05, 0) is 43.7 Å². The number of aryl methyl sites for hydroxylation is 1. The molecule has 0 bridgehead atoms. The van der Waals surface area contributed by atoms with Crippen LogP contribution in [0.4, 0.5) is 5.69 Å². The molecule has 0 atom stereocenters. The molecule has 0 saturated heterocycles. The van der Waals surface area contributed by atoms with Crippen LogP contribution in [0, 0.1) is 6.92 Å². The molecule has 128 valence electrons. The lowest BCUT2D eigenvalue weighted by Crippen LogP contribution is -2.37. The Morgan fingerprint density at radius 2 is 1.83 bits per heavy atom. The predicted octanol–water partition coefficient (Wildman–Crippen LogP) is 3.41. The molecule has 0 fully saturated rings. The van der Waals surface area contributed by atoms with E-state index in [1.807, 2.05) is 0 Å². The van der Waals surface area contributed by atoms with Crippen molar-refractivity contribution in [3.63, 3.8) is 0 Å². The van der Waals surface area contributed by atoms with Crippen molar-refractivity contribution < 1.29 is 17.9 Å². The molecule has 7 heteroatoms. The SMILES string of the molecule is CCOC(=O)CN(c1cc(Cl)ccc1C)S(=O)(=O)c1ccccc1. The molecule has 0 heterocycles. The molecule has 0 aromatic heterocycles. The number of nitrogens with zero attached hydrogens (tertiary/aromatic N) is 1. The second-order valence-corrected chi connectivity index (χ2v) is 7.36. The van der Waals surface area contributed by atoms with Gasteiger partial charge < -0.3 is 4.74 Å². The number of halogens is 1. The molecule has 0 aliphatic rings. The minimum absolute atomic E-state index is 0.0914. The molecule has 0 spiro atoms. The predicted molar refractivity (Wildman–Crippen MR) is 93.8 cm³/mol. The van der Waals surface area contributed by atoms with E-state index in [2.05, 4.69) is 0 Å². The second kappa shape index (κ2) is 7.68. The van der Waals surface area contributed by atoms with Gasteiger partial charge in [0.2, 0.25) is 0 Å². The van der Waals surface area contributed by atoms with E-state index in [1.165, 1.54) is 18.2 Å². The van der Waals surface area contributed by atoms with E-state index < -0.39 is 22.5 Å². The van der Waals surface area contributed by atoms with E-state index in [0.717, 1.165) is 4.31 Å². The van der Waals surface area contributed by atoms with Crippen LogP contribution in [-0.4, -0.2) is 27.5 Å². The van der Waals surface area contributed by atoms with E-state index in [9.17, 15) is 13.2 Å². The van der Waals surface area contributed by atoms with Gasteiger partial charge in [0.05, 0.1) is 17.2 Å². The monoisotopic (exact) mass is 367 g/mol. The Morgan fingerprint density at radius 3 is 2.46 bits per heavy atom. The lowest BCUT2D eigenvalue weighted by molar-refractivity contribution is -0.141. The van der Waals surface area contributed by atoms with Crippen LogP contribution in [0.1, 0.15) is 12.5 Å². The summed E-state index contributed by atoms with van der Waals surface area (Å²) in [7, 11) is -3.93. The first-order chi connectivity index (χ1) is 11.4. The van der Waals surface area contributed by atoms with Crippen molar-refractivity contribution in [2.75, 3.05) is 17.5 Å². The van der Waals surface area contributed by atoms with E-state index in [-0.39, 0.29) is 11.5 Å². The molecular weight excluding hydrogens is 350 g/mol. The summed E-state index contributed by atoms with van der Waals surface area (Å²) in [6.45, 7) is 3.17. The number of hydrogen-bond donors (Lipinski definition) is 0. The smallest absolute Gasteiger partial charge is 0.326 e. The summed E-state index contributed by atoms with van der Waals surface area (Å²) < 4.78 is 32.0. The molecule has 0 aliphatic carbocycles. The Hall–Kier alpha value is -2.05. The first-order valence-corrected chi connectivity index (χ1v) is 9.17. The highest BCUT2D eigenvalue weighted by atomic mass is 35.5. The van der Waals surface area contributed by atoms with E-state index in [4.69, 9.17) is 16.3 Å². The molecule has 24 heavy (non-hydrogen) atoms. The molecular formula is C17H18ClNO4S. The van der Waals surface area contributed by atoms with Crippen molar-refractivity contribution in [2.24, 2.45) is 0 Å². The number of carbonyl (C=O) groups is 1. The third-order valence-corrected chi connectivity index (χ3v) is 5.36. The summed E-state index contributed by atoms with van der Waals surface area (Å²) in [5, 5.41) is 0.382. The molecule has 5 nitrogen and oxygen atoms in total. The van der Waals surface area contributed by atoms with Crippen LogP contribution in [0.15, 0.2) is 53.4 Å². The number of ether oxygens (including phenoxy) is 1. The summed E-state index contributed by atoms with van der Waals surface area (Å²) in [4.78, 5) is 12.0.